The quantitative estimate of drug-likeness (QED) is 0.687. The maximum Gasteiger partial charge on any atom is 0.315 e. The largest absolute Gasteiger partial charge is 0.394 e. The number of carbonyl (C=O) groups excluding carboxylic acids is 1. The molecule has 1 aromatic rings. The number of benzene rings is 1. The number of hydrogen-bond donors (Lipinski definition) is 3. The zero-order valence-electron chi connectivity index (χ0n) is 12.8. The van der Waals surface area contributed by atoms with Gasteiger partial charge in [0.15, 0.2) is 0 Å². The van der Waals surface area contributed by atoms with Crippen molar-refractivity contribution >= 4 is 17.6 Å². The molecule has 0 bridgehead atoms. The van der Waals surface area contributed by atoms with Crippen LogP contribution in [0.1, 0.15) is 30.9 Å². The molecule has 0 spiro atoms. The molecule has 1 saturated carbocycles. The fraction of sp³-hybridized carbons (Fsp3) is 0.562. The van der Waals surface area contributed by atoms with E-state index < -0.39 is 6.04 Å². The first-order valence-electron chi connectivity index (χ1n) is 7.48. The Bertz CT molecular complexity index is 489. The number of carbonyl (C=O) groups is 1. The van der Waals surface area contributed by atoms with E-state index in [0.717, 1.165) is 24.8 Å². The lowest BCUT2D eigenvalue weighted by atomic mass is 10.0. The molecular weight excluding hydrogens is 304 g/mol. The van der Waals surface area contributed by atoms with E-state index >= 15 is 0 Å². The van der Waals surface area contributed by atoms with Crippen molar-refractivity contribution < 1.29 is 14.6 Å². The van der Waals surface area contributed by atoms with Gasteiger partial charge >= 0.3 is 6.03 Å². The summed E-state index contributed by atoms with van der Waals surface area (Å²) in [5.74, 6) is 0. The van der Waals surface area contributed by atoms with Gasteiger partial charge in [-0.2, -0.15) is 0 Å². The Morgan fingerprint density at radius 2 is 2.09 bits per heavy atom. The molecule has 2 rings (SSSR count). The average Bonchev–Trinajstić information content (AvgIpc) is 3.30. The van der Waals surface area contributed by atoms with Gasteiger partial charge in [-0.15, -0.1) is 0 Å². The lowest BCUT2D eigenvalue weighted by Gasteiger charge is -2.20. The van der Waals surface area contributed by atoms with Crippen LogP contribution in [0.5, 0.6) is 0 Å². The molecule has 0 saturated heterocycles. The second kappa shape index (κ2) is 7.81. The predicted octanol–water partition coefficient (Wildman–Crippen LogP) is 2.49. The summed E-state index contributed by atoms with van der Waals surface area (Å²) in [6.07, 6.45) is 3.21. The second-order valence-corrected chi connectivity index (χ2v) is 6.29. The van der Waals surface area contributed by atoms with Crippen molar-refractivity contribution in [1.29, 1.82) is 0 Å². The van der Waals surface area contributed by atoms with Crippen LogP contribution in [0.2, 0.25) is 5.02 Å². The van der Waals surface area contributed by atoms with E-state index in [1.54, 1.807) is 31.4 Å². The lowest BCUT2D eigenvalue weighted by Crippen LogP contribution is -2.41. The van der Waals surface area contributed by atoms with Gasteiger partial charge in [-0.1, -0.05) is 23.7 Å². The van der Waals surface area contributed by atoms with Gasteiger partial charge in [0.05, 0.1) is 12.6 Å². The summed E-state index contributed by atoms with van der Waals surface area (Å²) < 4.78 is 5.10. The minimum Gasteiger partial charge on any atom is -0.394 e. The van der Waals surface area contributed by atoms with Gasteiger partial charge in [-0.3, -0.25) is 0 Å². The van der Waals surface area contributed by atoms with Crippen molar-refractivity contribution in [3.05, 3.63) is 34.9 Å². The van der Waals surface area contributed by atoms with Crippen molar-refractivity contribution in [1.82, 2.24) is 10.6 Å². The molecule has 5 nitrogen and oxygen atoms in total. The third-order valence-corrected chi connectivity index (χ3v) is 4.43. The Kier molecular flexibility index (Phi) is 6.06. The summed E-state index contributed by atoms with van der Waals surface area (Å²) in [7, 11) is 1.69. The van der Waals surface area contributed by atoms with E-state index in [1.165, 1.54) is 0 Å². The van der Waals surface area contributed by atoms with Crippen molar-refractivity contribution in [2.45, 2.75) is 25.3 Å². The highest BCUT2D eigenvalue weighted by Gasteiger charge is 2.42. The van der Waals surface area contributed by atoms with Crippen LogP contribution in [0.15, 0.2) is 24.3 Å². The van der Waals surface area contributed by atoms with Crippen LogP contribution in [-0.4, -0.2) is 38.0 Å². The summed E-state index contributed by atoms with van der Waals surface area (Å²) in [4.78, 5) is 12.0. The van der Waals surface area contributed by atoms with Gasteiger partial charge in [0.2, 0.25) is 0 Å². The fourth-order valence-electron chi connectivity index (χ4n) is 2.42. The molecule has 6 heteroatoms. The normalized spacial score (nSPS) is 16.9. The molecule has 1 fully saturated rings. The Labute approximate surface area is 136 Å². The highest BCUT2D eigenvalue weighted by molar-refractivity contribution is 6.30. The molecule has 0 radical (unpaired) electrons. The number of rotatable bonds is 8. The van der Waals surface area contributed by atoms with Crippen molar-refractivity contribution in [2.24, 2.45) is 5.41 Å². The third kappa shape index (κ3) is 4.87. The van der Waals surface area contributed by atoms with Gasteiger partial charge in [-0.05, 0) is 42.4 Å². The molecule has 1 aromatic carbocycles. The first-order chi connectivity index (χ1) is 10.6. The van der Waals surface area contributed by atoms with Crippen LogP contribution >= 0.6 is 11.6 Å². The first kappa shape index (κ1) is 17.1. The number of halogens is 1. The third-order valence-electron chi connectivity index (χ3n) is 4.18. The number of methoxy groups -OCH3 is 1. The number of aliphatic hydroxyl groups is 1. The van der Waals surface area contributed by atoms with Crippen LogP contribution in [-0.2, 0) is 4.74 Å². The van der Waals surface area contributed by atoms with E-state index in [0.29, 0.717) is 18.2 Å². The highest BCUT2D eigenvalue weighted by Crippen LogP contribution is 2.48. The summed E-state index contributed by atoms with van der Waals surface area (Å²) in [6.45, 7) is 1.19. The summed E-state index contributed by atoms with van der Waals surface area (Å²) in [6, 6.07) is 6.37. The van der Waals surface area contributed by atoms with E-state index in [4.69, 9.17) is 16.3 Å². The molecule has 22 heavy (non-hydrogen) atoms. The van der Waals surface area contributed by atoms with Gasteiger partial charge < -0.3 is 20.5 Å². The molecule has 1 unspecified atom stereocenters. The van der Waals surface area contributed by atoms with E-state index in [2.05, 4.69) is 10.6 Å². The number of aliphatic hydroxyl groups excluding tert-OH is 1. The Morgan fingerprint density at radius 1 is 1.41 bits per heavy atom. The highest BCUT2D eigenvalue weighted by atomic mass is 35.5. The average molecular weight is 327 g/mol. The zero-order chi connectivity index (χ0) is 16.0. The second-order valence-electron chi connectivity index (χ2n) is 5.86. The van der Waals surface area contributed by atoms with Crippen LogP contribution in [0, 0.1) is 5.41 Å². The molecule has 3 N–H and O–H groups in total. The number of ether oxygens (including phenoxy) is 1. The summed E-state index contributed by atoms with van der Waals surface area (Å²) >= 11 is 5.84. The van der Waals surface area contributed by atoms with Gasteiger partial charge in [-0.25, -0.2) is 4.79 Å². The Hall–Kier alpha value is -1.30. The monoisotopic (exact) mass is 326 g/mol. The number of nitrogens with one attached hydrogen (secondary N) is 2. The summed E-state index contributed by atoms with van der Waals surface area (Å²) in [5, 5.41) is 15.8. The molecule has 0 aromatic heterocycles. The van der Waals surface area contributed by atoms with E-state index in [-0.39, 0.29) is 18.1 Å². The number of hydrogen-bond acceptors (Lipinski definition) is 3. The zero-order valence-corrected chi connectivity index (χ0v) is 13.5. The predicted molar refractivity (Wildman–Crippen MR) is 86.0 cm³/mol. The van der Waals surface area contributed by atoms with E-state index in [1.807, 2.05) is 0 Å². The number of urea groups is 1. The van der Waals surface area contributed by atoms with Crippen LogP contribution in [0.3, 0.4) is 0 Å². The van der Waals surface area contributed by atoms with Crippen molar-refractivity contribution in [2.75, 3.05) is 26.9 Å². The maximum absolute atomic E-state index is 12.0. The summed E-state index contributed by atoms with van der Waals surface area (Å²) in [5.41, 5.74) is 1.02. The molecule has 1 aliphatic carbocycles. The van der Waals surface area contributed by atoms with Crippen molar-refractivity contribution in [3.8, 4) is 0 Å². The smallest absolute Gasteiger partial charge is 0.315 e. The van der Waals surface area contributed by atoms with Crippen LogP contribution in [0.25, 0.3) is 0 Å². The minimum absolute atomic E-state index is 0.163. The standard InChI is InChI=1S/C16H23ClN2O3/c1-22-9-8-16(6-7-16)11-18-15(21)19-14(10-20)12-2-4-13(17)5-3-12/h2-5,14,20H,6-11H2,1H3,(H2,18,19,21). The molecule has 0 aliphatic heterocycles. The molecule has 0 heterocycles. The molecular formula is C16H23ClN2O3. The van der Waals surface area contributed by atoms with Crippen molar-refractivity contribution in [3.63, 3.8) is 0 Å². The Balaban J connectivity index is 1.81. The fourth-order valence-corrected chi connectivity index (χ4v) is 2.54. The van der Waals surface area contributed by atoms with Crippen LogP contribution in [0.4, 0.5) is 4.79 Å². The van der Waals surface area contributed by atoms with Crippen LogP contribution < -0.4 is 10.6 Å². The topological polar surface area (TPSA) is 70.6 Å². The molecule has 1 atom stereocenters. The molecule has 2 amide bonds. The van der Waals surface area contributed by atoms with Gasteiger partial charge in [0, 0.05) is 25.3 Å². The molecule has 1 aliphatic rings. The first-order valence-corrected chi connectivity index (χ1v) is 7.86. The number of amides is 2. The maximum atomic E-state index is 12.0. The van der Waals surface area contributed by atoms with E-state index in [9.17, 15) is 9.90 Å². The SMILES string of the molecule is COCCC1(CNC(=O)NC(CO)c2ccc(Cl)cc2)CC1. The molecule has 122 valence electrons. The van der Waals surface area contributed by atoms with Gasteiger partial charge in [0.1, 0.15) is 0 Å². The minimum atomic E-state index is -0.439. The lowest BCUT2D eigenvalue weighted by molar-refractivity contribution is 0.170. The van der Waals surface area contributed by atoms with Gasteiger partial charge in [0.25, 0.3) is 0 Å². The Morgan fingerprint density at radius 3 is 2.64 bits per heavy atom.